The molecule has 0 aliphatic heterocycles. The predicted molar refractivity (Wildman–Crippen MR) is 50.2 cm³/mol. The SMILES string of the molecule is NC(=O)Nc1ccccc1[As](=O)(O)O. The first-order valence-corrected chi connectivity index (χ1v) is 7.01. The Morgan fingerprint density at radius 1 is 1.36 bits per heavy atom. The average Bonchev–Trinajstić information content (AvgIpc) is 2.01. The fourth-order valence-electron chi connectivity index (χ4n) is 0.966. The van der Waals surface area contributed by atoms with Crippen LogP contribution in [0.4, 0.5) is 10.5 Å². The van der Waals surface area contributed by atoms with Gasteiger partial charge in [-0.3, -0.25) is 0 Å². The van der Waals surface area contributed by atoms with Crippen molar-refractivity contribution in [1.82, 2.24) is 0 Å². The van der Waals surface area contributed by atoms with Crippen molar-refractivity contribution >= 4 is 30.2 Å². The third kappa shape index (κ3) is 2.63. The number of nitrogens with one attached hydrogen (secondary N) is 1. The Morgan fingerprint density at radius 3 is 2.43 bits per heavy atom. The number of amides is 2. The van der Waals surface area contributed by atoms with E-state index in [1.54, 1.807) is 6.07 Å². The van der Waals surface area contributed by atoms with E-state index in [0.717, 1.165) is 0 Å². The molecule has 0 saturated carbocycles. The number of carbonyl (C=O) groups excluding carboxylic acids is 1. The van der Waals surface area contributed by atoms with Gasteiger partial charge in [-0.05, 0) is 0 Å². The summed E-state index contributed by atoms with van der Waals surface area (Å²) in [7, 11) is 0. The molecule has 0 saturated heterocycles. The fraction of sp³-hybridized carbons (Fsp3) is 0. The van der Waals surface area contributed by atoms with Crippen molar-refractivity contribution in [2.45, 2.75) is 0 Å². The van der Waals surface area contributed by atoms with Crippen LogP contribution in [0.15, 0.2) is 24.3 Å². The zero-order valence-corrected chi connectivity index (χ0v) is 8.92. The van der Waals surface area contributed by atoms with Crippen molar-refractivity contribution in [1.29, 1.82) is 0 Å². The molecule has 7 heteroatoms. The summed E-state index contributed by atoms with van der Waals surface area (Å²) in [6, 6.07) is 4.79. The standard InChI is InChI=1S/C7H9AsN2O4/c9-7(11)10-6-4-2-1-3-5(6)8(12,13)14/h1-4H,(H3,9,10,11)(H2,12,13,14). The van der Waals surface area contributed by atoms with E-state index in [4.69, 9.17) is 13.9 Å². The third-order valence-electron chi connectivity index (χ3n) is 1.48. The zero-order valence-electron chi connectivity index (χ0n) is 7.04. The summed E-state index contributed by atoms with van der Waals surface area (Å²) < 4.78 is 28.7. The van der Waals surface area contributed by atoms with Crippen LogP contribution in [-0.4, -0.2) is 28.4 Å². The van der Waals surface area contributed by atoms with Crippen molar-refractivity contribution in [2.24, 2.45) is 5.73 Å². The zero-order chi connectivity index (χ0) is 10.8. The summed E-state index contributed by atoms with van der Waals surface area (Å²) in [5.41, 5.74) is 4.89. The normalized spacial score (nSPS) is 11.0. The van der Waals surface area contributed by atoms with Crippen LogP contribution in [0.2, 0.25) is 0 Å². The van der Waals surface area contributed by atoms with Crippen LogP contribution >= 0.6 is 0 Å². The number of benzene rings is 1. The molecule has 0 fully saturated rings. The molecule has 0 heterocycles. The van der Waals surface area contributed by atoms with E-state index in [1.165, 1.54) is 18.2 Å². The van der Waals surface area contributed by atoms with Gasteiger partial charge >= 0.3 is 82.3 Å². The molecule has 76 valence electrons. The topological polar surface area (TPSA) is 113 Å². The van der Waals surface area contributed by atoms with Gasteiger partial charge in [-0.15, -0.1) is 0 Å². The van der Waals surface area contributed by atoms with Crippen LogP contribution in [0.5, 0.6) is 0 Å². The number of anilines is 1. The molecule has 14 heavy (non-hydrogen) atoms. The summed E-state index contributed by atoms with van der Waals surface area (Å²) in [5.74, 6) is 0. The summed E-state index contributed by atoms with van der Waals surface area (Å²) in [5, 5.41) is 2.14. The van der Waals surface area contributed by atoms with Gasteiger partial charge in [0.15, 0.2) is 0 Å². The molecule has 0 unspecified atom stereocenters. The summed E-state index contributed by atoms with van der Waals surface area (Å²) in [4.78, 5) is 10.5. The maximum atomic E-state index is 11.0. The van der Waals surface area contributed by atoms with Gasteiger partial charge in [0.05, 0.1) is 0 Å². The first-order valence-electron chi connectivity index (χ1n) is 3.63. The number of para-hydroxylation sites is 1. The number of nitrogens with two attached hydrogens (primary N) is 1. The Labute approximate surface area is 82.7 Å². The van der Waals surface area contributed by atoms with Crippen LogP contribution in [0.1, 0.15) is 0 Å². The number of urea groups is 1. The van der Waals surface area contributed by atoms with Gasteiger partial charge in [-0.1, -0.05) is 0 Å². The van der Waals surface area contributed by atoms with Gasteiger partial charge in [0, 0.05) is 0 Å². The Hall–Kier alpha value is -1.23. The summed E-state index contributed by atoms with van der Waals surface area (Å²) in [6.07, 6.45) is 0. The third-order valence-corrected chi connectivity index (χ3v) is 3.61. The molecule has 0 aliphatic rings. The molecular formula is C7H9AsN2O4. The molecule has 1 aromatic carbocycles. The van der Waals surface area contributed by atoms with Crippen molar-refractivity contribution in [3.8, 4) is 0 Å². The molecule has 0 spiro atoms. The Bertz CT molecular complexity index is 400. The van der Waals surface area contributed by atoms with Gasteiger partial charge in [0.1, 0.15) is 0 Å². The minimum absolute atomic E-state index is 0.0486. The van der Waals surface area contributed by atoms with E-state index < -0.39 is 20.2 Å². The van der Waals surface area contributed by atoms with Gasteiger partial charge in [-0.25, -0.2) is 0 Å². The summed E-state index contributed by atoms with van der Waals surface area (Å²) >= 11 is -5.00. The first-order chi connectivity index (χ1) is 6.41. The number of hydrogen-bond donors (Lipinski definition) is 4. The molecule has 6 nitrogen and oxygen atoms in total. The van der Waals surface area contributed by atoms with Crippen LogP contribution < -0.4 is 15.4 Å². The van der Waals surface area contributed by atoms with Gasteiger partial charge < -0.3 is 0 Å². The monoisotopic (exact) mass is 260 g/mol. The Morgan fingerprint density at radius 2 is 1.93 bits per heavy atom. The molecule has 0 bridgehead atoms. The quantitative estimate of drug-likeness (QED) is 0.497. The van der Waals surface area contributed by atoms with Crippen LogP contribution in [0.25, 0.3) is 0 Å². The predicted octanol–water partition coefficient (Wildman–Crippen LogP) is -1.26. The van der Waals surface area contributed by atoms with Crippen molar-refractivity contribution < 1.29 is 16.7 Å². The number of carbonyl (C=O) groups is 1. The van der Waals surface area contributed by atoms with Gasteiger partial charge in [0.25, 0.3) is 0 Å². The van der Waals surface area contributed by atoms with Gasteiger partial charge in [0.2, 0.25) is 0 Å². The number of rotatable bonds is 2. The average molecular weight is 260 g/mol. The molecule has 1 aromatic rings. The van der Waals surface area contributed by atoms with Crippen LogP contribution in [0, 0.1) is 0 Å². The second-order valence-electron chi connectivity index (χ2n) is 2.55. The second kappa shape index (κ2) is 3.87. The minimum atomic E-state index is -5.00. The number of hydrogen-bond acceptors (Lipinski definition) is 2. The number of primary amides is 1. The summed E-state index contributed by atoms with van der Waals surface area (Å²) in [6.45, 7) is 0. The van der Waals surface area contributed by atoms with E-state index in [1.807, 2.05) is 0 Å². The molecule has 2 amide bonds. The van der Waals surface area contributed by atoms with E-state index in [9.17, 15) is 8.53 Å². The molecule has 5 N–H and O–H groups in total. The van der Waals surface area contributed by atoms with E-state index in [-0.39, 0.29) is 10.0 Å². The Kier molecular flexibility index (Phi) is 3.00. The Balaban J connectivity index is 3.16. The van der Waals surface area contributed by atoms with Crippen molar-refractivity contribution in [2.75, 3.05) is 5.32 Å². The first kappa shape index (κ1) is 10.8. The van der Waals surface area contributed by atoms with Crippen LogP contribution in [-0.2, 0) is 3.74 Å². The molecular weight excluding hydrogens is 251 g/mol. The van der Waals surface area contributed by atoms with E-state index >= 15 is 0 Å². The maximum absolute atomic E-state index is 11.0. The fourth-order valence-corrected chi connectivity index (χ4v) is 2.49. The van der Waals surface area contributed by atoms with E-state index in [2.05, 4.69) is 5.32 Å². The van der Waals surface area contributed by atoms with Crippen LogP contribution in [0.3, 0.4) is 0 Å². The molecule has 0 atom stereocenters. The molecule has 0 aromatic heterocycles. The molecule has 1 rings (SSSR count). The van der Waals surface area contributed by atoms with E-state index in [0.29, 0.717) is 0 Å². The van der Waals surface area contributed by atoms with Crippen molar-refractivity contribution in [3.05, 3.63) is 24.3 Å². The second-order valence-corrected chi connectivity index (χ2v) is 5.84. The van der Waals surface area contributed by atoms with Gasteiger partial charge in [-0.2, -0.15) is 0 Å². The molecule has 0 aliphatic carbocycles. The molecule has 0 radical (unpaired) electrons. The van der Waals surface area contributed by atoms with Crippen molar-refractivity contribution in [3.63, 3.8) is 0 Å².